The summed E-state index contributed by atoms with van der Waals surface area (Å²) in [6.07, 6.45) is 0.645. The lowest BCUT2D eigenvalue weighted by molar-refractivity contribution is 0.447. The van der Waals surface area contributed by atoms with Gasteiger partial charge in [0.15, 0.2) is 0 Å². The SMILES string of the molecule is CCC(c1ccccc1)c1c(O)c2cc(O)ccc2oc1=O. The lowest BCUT2D eigenvalue weighted by Crippen LogP contribution is -2.13. The summed E-state index contributed by atoms with van der Waals surface area (Å²) in [4.78, 5) is 12.3. The summed E-state index contributed by atoms with van der Waals surface area (Å²) in [5.41, 5.74) is 0.872. The highest BCUT2D eigenvalue weighted by molar-refractivity contribution is 5.85. The van der Waals surface area contributed by atoms with Crippen LogP contribution in [0.15, 0.2) is 57.7 Å². The number of rotatable bonds is 3. The predicted molar refractivity (Wildman–Crippen MR) is 84.4 cm³/mol. The fourth-order valence-corrected chi connectivity index (χ4v) is 2.79. The van der Waals surface area contributed by atoms with E-state index >= 15 is 0 Å². The molecule has 3 aromatic rings. The summed E-state index contributed by atoms with van der Waals surface area (Å²) in [5.74, 6) is -0.377. The van der Waals surface area contributed by atoms with Gasteiger partial charge in [0, 0.05) is 5.92 Å². The number of phenols is 1. The minimum atomic E-state index is -0.550. The number of phenolic OH excluding ortho intramolecular Hbond substituents is 1. The van der Waals surface area contributed by atoms with E-state index in [9.17, 15) is 15.0 Å². The van der Waals surface area contributed by atoms with E-state index in [4.69, 9.17) is 4.42 Å². The fraction of sp³-hybridized carbons (Fsp3) is 0.167. The Bertz CT molecular complexity index is 865. The zero-order chi connectivity index (χ0) is 15.7. The first-order valence-corrected chi connectivity index (χ1v) is 7.15. The second-order valence-corrected chi connectivity index (χ2v) is 5.20. The number of fused-ring (bicyclic) bond motifs is 1. The molecule has 1 atom stereocenters. The van der Waals surface area contributed by atoms with Gasteiger partial charge in [0.25, 0.3) is 0 Å². The second kappa shape index (κ2) is 5.56. The maximum Gasteiger partial charge on any atom is 0.343 e. The molecule has 0 saturated carbocycles. The van der Waals surface area contributed by atoms with Crippen LogP contribution in [-0.4, -0.2) is 10.2 Å². The van der Waals surface area contributed by atoms with Gasteiger partial charge in [-0.3, -0.25) is 0 Å². The normalized spacial score (nSPS) is 12.4. The third kappa shape index (κ3) is 2.33. The molecule has 0 fully saturated rings. The zero-order valence-electron chi connectivity index (χ0n) is 12.1. The van der Waals surface area contributed by atoms with Crippen LogP contribution in [-0.2, 0) is 0 Å². The summed E-state index contributed by atoms with van der Waals surface area (Å²) in [6.45, 7) is 1.95. The molecular formula is C18H16O4. The maximum atomic E-state index is 12.3. The van der Waals surface area contributed by atoms with Gasteiger partial charge in [-0.1, -0.05) is 37.3 Å². The van der Waals surface area contributed by atoms with Crippen LogP contribution < -0.4 is 5.63 Å². The summed E-state index contributed by atoms with van der Waals surface area (Å²) in [7, 11) is 0. The summed E-state index contributed by atoms with van der Waals surface area (Å²) in [6, 6.07) is 13.8. The quantitative estimate of drug-likeness (QED) is 0.722. The standard InChI is InChI=1S/C18H16O4/c1-2-13(11-6-4-3-5-7-11)16-17(20)14-10-12(19)8-9-15(14)22-18(16)21/h3-10,13,19-20H,2H2,1H3. The van der Waals surface area contributed by atoms with Crippen molar-refractivity contribution >= 4 is 11.0 Å². The van der Waals surface area contributed by atoms with E-state index in [1.807, 2.05) is 37.3 Å². The first-order valence-electron chi connectivity index (χ1n) is 7.15. The van der Waals surface area contributed by atoms with Crippen LogP contribution in [0, 0.1) is 0 Å². The topological polar surface area (TPSA) is 70.7 Å². The average molecular weight is 296 g/mol. The van der Waals surface area contributed by atoms with Crippen LogP contribution in [0.3, 0.4) is 0 Å². The molecule has 0 radical (unpaired) electrons. The van der Waals surface area contributed by atoms with Crippen molar-refractivity contribution in [2.24, 2.45) is 0 Å². The van der Waals surface area contributed by atoms with Crippen molar-refractivity contribution in [2.45, 2.75) is 19.3 Å². The molecule has 2 N–H and O–H groups in total. The summed E-state index contributed by atoms with van der Waals surface area (Å²) >= 11 is 0. The van der Waals surface area contributed by atoms with Gasteiger partial charge in [0.2, 0.25) is 0 Å². The molecule has 4 nitrogen and oxygen atoms in total. The van der Waals surface area contributed by atoms with Gasteiger partial charge >= 0.3 is 5.63 Å². The van der Waals surface area contributed by atoms with E-state index in [0.29, 0.717) is 11.8 Å². The van der Waals surface area contributed by atoms with E-state index in [1.54, 1.807) is 0 Å². The maximum absolute atomic E-state index is 12.3. The van der Waals surface area contributed by atoms with Crippen LogP contribution >= 0.6 is 0 Å². The van der Waals surface area contributed by atoms with Crippen LogP contribution in [0.2, 0.25) is 0 Å². The minimum Gasteiger partial charge on any atom is -0.508 e. The van der Waals surface area contributed by atoms with E-state index in [2.05, 4.69) is 0 Å². The second-order valence-electron chi connectivity index (χ2n) is 5.20. The Morgan fingerprint density at radius 2 is 1.82 bits per heavy atom. The Balaban J connectivity index is 2.27. The van der Waals surface area contributed by atoms with Crippen molar-refractivity contribution in [1.29, 1.82) is 0 Å². The largest absolute Gasteiger partial charge is 0.508 e. The van der Waals surface area contributed by atoms with Gasteiger partial charge in [0.05, 0.1) is 10.9 Å². The lowest BCUT2D eigenvalue weighted by atomic mass is 9.89. The van der Waals surface area contributed by atoms with E-state index in [-0.39, 0.29) is 28.6 Å². The monoisotopic (exact) mass is 296 g/mol. The Labute approximate surface area is 127 Å². The van der Waals surface area contributed by atoms with Gasteiger partial charge in [-0.25, -0.2) is 4.79 Å². The fourth-order valence-electron chi connectivity index (χ4n) is 2.79. The Hall–Kier alpha value is -2.75. The van der Waals surface area contributed by atoms with E-state index < -0.39 is 5.63 Å². The molecule has 0 aliphatic heterocycles. The first kappa shape index (κ1) is 14.2. The van der Waals surface area contributed by atoms with E-state index in [0.717, 1.165) is 5.56 Å². The molecule has 0 bridgehead atoms. The average Bonchev–Trinajstić information content (AvgIpc) is 2.53. The number of aromatic hydroxyl groups is 2. The molecule has 0 aliphatic carbocycles. The van der Waals surface area contributed by atoms with Crippen LogP contribution in [0.4, 0.5) is 0 Å². The molecule has 1 unspecified atom stereocenters. The molecule has 1 aromatic heterocycles. The molecule has 112 valence electrons. The van der Waals surface area contributed by atoms with Gasteiger partial charge in [-0.15, -0.1) is 0 Å². The smallest absolute Gasteiger partial charge is 0.343 e. The first-order chi connectivity index (χ1) is 10.6. The van der Waals surface area contributed by atoms with E-state index in [1.165, 1.54) is 18.2 Å². The molecule has 3 rings (SSSR count). The van der Waals surface area contributed by atoms with Gasteiger partial charge in [-0.05, 0) is 30.2 Å². The van der Waals surface area contributed by atoms with Crippen molar-refractivity contribution in [1.82, 2.24) is 0 Å². The molecule has 0 spiro atoms. The van der Waals surface area contributed by atoms with Crippen LogP contribution in [0.1, 0.15) is 30.4 Å². The number of hydrogen-bond donors (Lipinski definition) is 2. The highest BCUT2D eigenvalue weighted by Crippen LogP contribution is 2.36. The summed E-state index contributed by atoms with van der Waals surface area (Å²) in [5, 5.41) is 20.5. The number of benzene rings is 2. The van der Waals surface area contributed by atoms with Gasteiger partial charge < -0.3 is 14.6 Å². The highest BCUT2D eigenvalue weighted by Gasteiger charge is 2.23. The van der Waals surface area contributed by atoms with Crippen LogP contribution in [0.25, 0.3) is 11.0 Å². The Kier molecular flexibility index (Phi) is 3.59. The third-order valence-corrected chi connectivity index (χ3v) is 3.85. The van der Waals surface area contributed by atoms with Crippen molar-refractivity contribution in [3.05, 3.63) is 70.1 Å². The zero-order valence-corrected chi connectivity index (χ0v) is 12.1. The molecule has 1 heterocycles. The molecule has 0 saturated heterocycles. The Morgan fingerprint density at radius 3 is 2.50 bits per heavy atom. The molecular weight excluding hydrogens is 280 g/mol. The molecule has 4 heteroatoms. The minimum absolute atomic E-state index is 0.00959. The lowest BCUT2D eigenvalue weighted by Gasteiger charge is -2.16. The molecule has 22 heavy (non-hydrogen) atoms. The highest BCUT2D eigenvalue weighted by atomic mass is 16.4. The predicted octanol–water partition coefficient (Wildman–Crippen LogP) is 3.75. The van der Waals surface area contributed by atoms with Crippen molar-refractivity contribution in [2.75, 3.05) is 0 Å². The molecule has 0 amide bonds. The molecule has 0 aliphatic rings. The van der Waals surface area contributed by atoms with Crippen molar-refractivity contribution in [3.63, 3.8) is 0 Å². The van der Waals surface area contributed by atoms with Crippen molar-refractivity contribution < 1.29 is 14.6 Å². The Morgan fingerprint density at radius 1 is 1.09 bits per heavy atom. The number of hydrogen-bond acceptors (Lipinski definition) is 4. The van der Waals surface area contributed by atoms with Crippen LogP contribution in [0.5, 0.6) is 11.5 Å². The van der Waals surface area contributed by atoms with Gasteiger partial charge in [-0.2, -0.15) is 0 Å². The third-order valence-electron chi connectivity index (χ3n) is 3.85. The van der Waals surface area contributed by atoms with Gasteiger partial charge in [0.1, 0.15) is 17.1 Å². The summed E-state index contributed by atoms with van der Waals surface area (Å²) < 4.78 is 5.31. The van der Waals surface area contributed by atoms with Crippen molar-refractivity contribution in [3.8, 4) is 11.5 Å². The molecule has 2 aromatic carbocycles.